The van der Waals surface area contributed by atoms with E-state index in [1.165, 1.54) is 6.92 Å². The number of hydrogen-bond acceptors (Lipinski definition) is 6. The molecule has 2 aliphatic heterocycles. The van der Waals surface area contributed by atoms with Crippen LogP contribution in [-0.4, -0.2) is 60.1 Å². The van der Waals surface area contributed by atoms with Gasteiger partial charge in [0.15, 0.2) is 0 Å². The fourth-order valence-electron chi connectivity index (χ4n) is 3.50. The molecule has 7 heteroatoms. The molecule has 1 unspecified atom stereocenters. The summed E-state index contributed by atoms with van der Waals surface area (Å²) in [7, 11) is 0. The maximum Gasteiger partial charge on any atom is 0.410 e. The topological polar surface area (TPSA) is 74.3 Å². The van der Waals surface area contributed by atoms with Gasteiger partial charge in [-0.05, 0) is 26.3 Å². The minimum absolute atomic E-state index is 0.236. The van der Waals surface area contributed by atoms with Gasteiger partial charge >= 0.3 is 12.1 Å². The summed E-state index contributed by atoms with van der Waals surface area (Å²) in [5.74, 6) is -0.401. The number of carbonyl (C=O) groups excluding carboxylic acids is 2. The van der Waals surface area contributed by atoms with Crippen molar-refractivity contribution in [1.82, 2.24) is 4.90 Å². The number of nitrogens with zero attached hydrogens (tertiary/aromatic N) is 1. The molecular formula is C20H27NO6. The molecule has 1 aromatic carbocycles. The minimum Gasteiger partial charge on any atom is -0.458 e. The first kappa shape index (κ1) is 19.6. The Morgan fingerprint density at radius 2 is 1.89 bits per heavy atom. The van der Waals surface area contributed by atoms with E-state index in [0.29, 0.717) is 13.2 Å². The van der Waals surface area contributed by atoms with Crippen LogP contribution in [0, 0.1) is 0 Å². The van der Waals surface area contributed by atoms with Crippen molar-refractivity contribution >= 4 is 12.1 Å². The van der Waals surface area contributed by atoms with E-state index in [1.807, 2.05) is 51.1 Å². The van der Waals surface area contributed by atoms with Crippen LogP contribution in [0.3, 0.4) is 0 Å². The van der Waals surface area contributed by atoms with Crippen molar-refractivity contribution in [2.24, 2.45) is 0 Å². The van der Waals surface area contributed by atoms with E-state index < -0.39 is 29.8 Å². The van der Waals surface area contributed by atoms with E-state index >= 15 is 0 Å². The first-order chi connectivity index (χ1) is 12.7. The molecule has 4 atom stereocenters. The van der Waals surface area contributed by atoms with Crippen LogP contribution in [-0.2, 0) is 30.3 Å². The van der Waals surface area contributed by atoms with Crippen LogP contribution in [0.25, 0.3) is 0 Å². The lowest BCUT2D eigenvalue weighted by Gasteiger charge is -2.29. The average molecular weight is 377 g/mol. The highest BCUT2D eigenvalue weighted by molar-refractivity contribution is 5.70. The van der Waals surface area contributed by atoms with Crippen LogP contribution in [0.15, 0.2) is 30.3 Å². The van der Waals surface area contributed by atoms with Crippen molar-refractivity contribution in [2.75, 3.05) is 13.2 Å². The van der Waals surface area contributed by atoms with Crippen molar-refractivity contribution in [3.8, 4) is 0 Å². The van der Waals surface area contributed by atoms with E-state index in [9.17, 15) is 9.59 Å². The summed E-state index contributed by atoms with van der Waals surface area (Å²) >= 11 is 0. The van der Waals surface area contributed by atoms with Gasteiger partial charge < -0.3 is 18.9 Å². The molecule has 0 radical (unpaired) electrons. The molecule has 0 aliphatic carbocycles. The van der Waals surface area contributed by atoms with Crippen LogP contribution in [0.2, 0.25) is 0 Å². The second-order valence-corrected chi connectivity index (χ2v) is 7.90. The van der Waals surface area contributed by atoms with Gasteiger partial charge in [0.05, 0.1) is 19.8 Å². The third-order valence-corrected chi connectivity index (χ3v) is 4.53. The van der Waals surface area contributed by atoms with Crippen LogP contribution in [0.1, 0.15) is 33.3 Å². The summed E-state index contributed by atoms with van der Waals surface area (Å²) < 4.78 is 22.8. The van der Waals surface area contributed by atoms with Crippen LogP contribution < -0.4 is 0 Å². The molecule has 0 N–H and O–H groups in total. The maximum atomic E-state index is 12.7. The van der Waals surface area contributed by atoms with Crippen LogP contribution in [0.4, 0.5) is 4.79 Å². The largest absolute Gasteiger partial charge is 0.458 e. The van der Waals surface area contributed by atoms with Gasteiger partial charge in [0.25, 0.3) is 0 Å². The molecule has 0 bridgehead atoms. The highest BCUT2D eigenvalue weighted by Crippen LogP contribution is 2.34. The lowest BCUT2D eigenvalue weighted by atomic mass is 10.1. The Balaban J connectivity index is 1.73. The van der Waals surface area contributed by atoms with Crippen molar-refractivity contribution in [1.29, 1.82) is 0 Å². The molecule has 7 nitrogen and oxygen atoms in total. The number of esters is 1. The van der Waals surface area contributed by atoms with Gasteiger partial charge in [-0.15, -0.1) is 0 Å². The van der Waals surface area contributed by atoms with E-state index in [-0.39, 0.29) is 18.8 Å². The van der Waals surface area contributed by atoms with E-state index in [0.717, 1.165) is 5.56 Å². The van der Waals surface area contributed by atoms with Crippen molar-refractivity contribution in [3.05, 3.63) is 35.9 Å². The number of ether oxygens (including phenoxy) is 4. The monoisotopic (exact) mass is 377 g/mol. The molecule has 2 aliphatic rings. The molecule has 2 heterocycles. The zero-order valence-electron chi connectivity index (χ0n) is 16.2. The third-order valence-electron chi connectivity index (χ3n) is 4.53. The lowest BCUT2D eigenvalue weighted by molar-refractivity contribution is -0.148. The Morgan fingerprint density at radius 3 is 2.52 bits per heavy atom. The molecule has 2 fully saturated rings. The first-order valence-corrected chi connectivity index (χ1v) is 9.18. The summed E-state index contributed by atoms with van der Waals surface area (Å²) in [5.41, 5.74) is 0.422. The summed E-state index contributed by atoms with van der Waals surface area (Å²) in [4.78, 5) is 25.7. The van der Waals surface area contributed by atoms with Crippen molar-refractivity contribution in [2.45, 2.75) is 64.3 Å². The Kier molecular flexibility index (Phi) is 5.72. The lowest BCUT2D eigenvalue weighted by Crippen LogP contribution is -2.47. The van der Waals surface area contributed by atoms with Crippen LogP contribution >= 0.6 is 0 Å². The van der Waals surface area contributed by atoms with Gasteiger partial charge in [-0.3, -0.25) is 9.69 Å². The minimum atomic E-state index is -0.619. The van der Waals surface area contributed by atoms with Gasteiger partial charge in [0.1, 0.15) is 30.0 Å². The van der Waals surface area contributed by atoms with E-state index in [2.05, 4.69) is 0 Å². The third kappa shape index (κ3) is 4.78. The summed E-state index contributed by atoms with van der Waals surface area (Å²) in [5, 5.41) is 0. The van der Waals surface area contributed by atoms with Gasteiger partial charge in [0, 0.05) is 6.92 Å². The fraction of sp³-hybridized carbons (Fsp3) is 0.600. The molecular weight excluding hydrogens is 350 g/mol. The molecule has 2 saturated heterocycles. The smallest absolute Gasteiger partial charge is 0.410 e. The molecule has 27 heavy (non-hydrogen) atoms. The molecule has 0 aromatic heterocycles. The van der Waals surface area contributed by atoms with Crippen LogP contribution in [0.5, 0.6) is 0 Å². The first-order valence-electron chi connectivity index (χ1n) is 9.18. The molecule has 0 saturated carbocycles. The molecule has 1 amide bonds. The molecule has 0 spiro atoms. The number of benzene rings is 1. The van der Waals surface area contributed by atoms with E-state index in [1.54, 1.807) is 4.90 Å². The molecule has 148 valence electrons. The highest BCUT2D eigenvalue weighted by atomic mass is 16.6. The molecule has 1 aromatic rings. The zero-order chi connectivity index (χ0) is 19.6. The number of fused-ring (bicyclic) bond motifs is 1. The number of amides is 1. The standard InChI is InChI=1S/C20H27NO6/c1-13(22)26-16-12-25-18-15(24-11-14-8-6-5-7-9-14)10-21(17(16)18)19(23)27-20(2,3)4/h5-9,15-18H,10-12H2,1-4H3/t15-,16+,17-,18?/m1/s1. The fourth-order valence-corrected chi connectivity index (χ4v) is 3.50. The van der Waals surface area contributed by atoms with E-state index in [4.69, 9.17) is 18.9 Å². The number of carbonyl (C=O) groups is 2. The van der Waals surface area contributed by atoms with Crippen molar-refractivity contribution in [3.63, 3.8) is 0 Å². The second kappa shape index (κ2) is 7.86. The predicted octanol–water partition coefficient (Wildman–Crippen LogP) is 2.52. The Morgan fingerprint density at radius 1 is 1.19 bits per heavy atom. The zero-order valence-corrected chi connectivity index (χ0v) is 16.2. The Hall–Kier alpha value is -2.12. The number of hydrogen-bond donors (Lipinski definition) is 0. The SMILES string of the molecule is CC(=O)O[C@H]1COC2[C@H](OCc3ccccc3)CN(C(=O)OC(C)(C)C)[C@@H]21. The normalized spacial score (nSPS) is 27.3. The molecule has 3 rings (SSSR count). The Labute approximate surface area is 159 Å². The van der Waals surface area contributed by atoms with Gasteiger partial charge in [-0.1, -0.05) is 30.3 Å². The summed E-state index contributed by atoms with van der Waals surface area (Å²) in [6, 6.07) is 9.40. The maximum absolute atomic E-state index is 12.7. The number of likely N-dealkylation sites (tertiary alicyclic amines) is 1. The van der Waals surface area contributed by atoms with Gasteiger partial charge in [0.2, 0.25) is 0 Å². The predicted molar refractivity (Wildman–Crippen MR) is 97.0 cm³/mol. The summed E-state index contributed by atoms with van der Waals surface area (Å²) in [6.45, 7) is 7.78. The van der Waals surface area contributed by atoms with Gasteiger partial charge in [-0.2, -0.15) is 0 Å². The highest BCUT2D eigenvalue weighted by Gasteiger charge is 2.55. The second-order valence-electron chi connectivity index (χ2n) is 7.90. The number of rotatable bonds is 4. The Bertz CT molecular complexity index is 671. The average Bonchev–Trinajstić information content (AvgIpc) is 3.13. The summed E-state index contributed by atoms with van der Waals surface area (Å²) in [6.07, 6.45) is -1.65. The van der Waals surface area contributed by atoms with Gasteiger partial charge in [-0.25, -0.2) is 4.79 Å². The van der Waals surface area contributed by atoms with Crippen molar-refractivity contribution < 1.29 is 28.5 Å². The quantitative estimate of drug-likeness (QED) is 0.751.